The van der Waals surface area contributed by atoms with Gasteiger partial charge >= 0.3 is 6.03 Å². The van der Waals surface area contributed by atoms with E-state index >= 15 is 0 Å². The maximum atomic E-state index is 12.7. The maximum Gasteiger partial charge on any atom is 0.323 e. The molecule has 1 aromatic carbocycles. The van der Waals surface area contributed by atoms with E-state index in [9.17, 15) is 9.59 Å². The van der Waals surface area contributed by atoms with Gasteiger partial charge in [0.15, 0.2) is 11.4 Å². The van der Waals surface area contributed by atoms with Crippen LogP contribution in [0.4, 0.5) is 21.7 Å². The Hall–Kier alpha value is -3.41. The number of aromatic nitrogens is 3. The predicted molar refractivity (Wildman–Crippen MR) is 121 cm³/mol. The number of hydrogen-bond donors (Lipinski definition) is 2. The molecule has 0 aliphatic carbocycles. The van der Waals surface area contributed by atoms with Gasteiger partial charge in [-0.2, -0.15) is 9.36 Å². The number of benzene rings is 1. The minimum Gasteiger partial charge on any atom is -0.369 e. The van der Waals surface area contributed by atoms with E-state index in [1.165, 1.54) is 11.5 Å². The lowest BCUT2D eigenvalue weighted by Gasteiger charge is -2.34. The number of urea groups is 1. The summed E-state index contributed by atoms with van der Waals surface area (Å²) in [5.41, 5.74) is 6.05. The average molecular weight is 457 g/mol. The number of nitrogens with two attached hydrogens (primary N) is 1. The molecule has 11 nitrogen and oxygen atoms in total. The molecule has 3 aromatic rings. The first-order valence-corrected chi connectivity index (χ1v) is 11.4. The maximum absolute atomic E-state index is 12.7. The van der Waals surface area contributed by atoms with Crippen molar-refractivity contribution in [1.82, 2.24) is 19.4 Å². The van der Waals surface area contributed by atoms with Gasteiger partial charge in [0.1, 0.15) is 0 Å². The normalized spacial score (nSPS) is 17.7. The Morgan fingerprint density at radius 3 is 2.56 bits per heavy atom. The van der Waals surface area contributed by atoms with Crippen LogP contribution in [0.2, 0.25) is 0 Å². The Morgan fingerprint density at radius 2 is 1.81 bits per heavy atom. The van der Waals surface area contributed by atoms with E-state index in [1.807, 2.05) is 24.3 Å². The summed E-state index contributed by atoms with van der Waals surface area (Å²) in [6, 6.07) is 7.22. The molecule has 4 heterocycles. The van der Waals surface area contributed by atoms with Gasteiger partial charge in [0.25, 0.3) is 0 Å². The van der Waals surface area contributed by atoms with Gasteiger partial charge in [-0.1, -0.05) is 17.3 Å². The molecular formula is C20H24N8O3S. The van der Waals surface area contributed by atoms with Crippen molar-refractivity contribution in [2.45, 2.75) is 12.8 Å². The number of para-hydroxylation sites is 1. The highest BCUT2D eigenvalue weighted by Crippen LogP contribution is 2.27. The van der Waals surface area contributed by atoms with E-state index in [0.29, 0.717) is 43.5 Å². The number of nitrogens with zero attached hydrogens (tertiary/aromatic N) is 6. The van der Waals surface area contributed by atoms with Crippen LogP contribution in [0.15, 0.2) is 28.8 Å². The molecule has 168 valence electrons. The van der Waals surface area contributed by atoms with Gasteiger partial charge in [0.2, 0.25) is 17.0 Å². The number of nitrogens with one attached hydrogen (secondary N) is 1. The number of primary amides is 1. The number of fused-ring (bicyclic) bond motifs is 1. The van der Waals surface area contributed by atoms with Gasteiger partial charge in [0.05, 0.1) is 5.39 Å². The molecule has 2 aromatic heterocycles. The van der Waals surface area contributed by atoms with Gasteiger partial charge in [-0.3, -0.25) is 10.1 Å². The average Bonchev–Trinajstić information content (AvgIpc) is 3.47. The Balaban J connectivity index is 1.15. The molecule has 12 heteroatoms. The monoisotopic (exact) mass is 456 g/mol. The highest BCUT2D eigenvalue weighted by Gasteiger charge is 2.27. The number of amides is 3. The van der Waals surface area contributed by atoms with Crippen LogP contribution >= 0.6 is 11.5 Å². The molecule has 2 aliphatic rings. The van der Waals surface area contributed by atoms with E-state index in [0.717, 1.165) is 36.4 Å². The topological polar surface area (TPSA) is 134 Å². The third kappa shape index (κ3) is 4.05. The molecule has 2 aliphatic heterocycles. The molecule has 0 unspecified atom stereocenters. The number of piperazine rings is 1. The summed E-state index contributed by atoms with van der Waals surface area (Å²) in [7, 11) is 0. The fraction of sp³-hybridized carbons (Fsp3) is 0.450. The van der Waals surface area contributed by atoms with E-state index in [1.54, 1.807) is 4.90 Å². The smallest absolute Gasteiger partial charge is 0.323 e. The fourth-order valence-corrected chi connectivity index (χ4v) is 4.83. The van der Waals surface area contributed by atoms with E-state index in [2.05, 4.69) is 24.6 Å². The first-order chi connectivity index (χ1) is 15.6. The third-order valence-electron chi connectivity index (χ3n) is 6.02. The van der Waals surface area contributed by atoms with Crippen LogP contribution < -0.4 is 20.9 Å². The summed E-state index contributed by atoms with van der Waals surface area (Å²) in [5, 5.41) is 8.43. The first-order valence-electron chi connectivity index (χ1n) is 10.6. The lowest BCUT2D eigenvalue weighted by Crippen LogP contribution is -2.50. The van der Waals surface area contributed by atoms with Crippen LogP contribution in [-0.2, 0) is 4.79 Å². The molecule has 0 atom stereocenters. The number of carbonyl (C=O) groups excluding carboxylic acids is 2. The van der Waals surface area contributed by atoms with Crippen LogP contribution in [0, 0.1) is 5.92 Å². The standard InChI is InChI=1S/C20H24N8O3S/c21-16(29)13-5-7-26(8-6-13)18-23-20(32-25-18)28-11-9-27(10-12-28)19(30)22-17-14-3-1-2-4-15(14)31-24-17/h1-4,13H,5-12H2,(H2,21,29)(H,22,24,30). The Labute approximate surface area is 188 Å². The number of anilines is 3. The van der Waals surface area contributed by atoms with E-state index < -0.39 is 0 Å². The number of hydrogen-bond acceptors (Lipinski definition) is 9. The molecule has 3 N–H and O–H groups in total. The zero-order valence-corrected chi connectivity index (χ0v) is 18.3. The van der Waals surface area contributed by atoms with Crippen LogP contribution in [0.3, 0.4) is 0 Å². The predicted octanol–water partition coefficient (Wildman–Crippen LogP) is 1.74. The lowest BCUT2D eigenvalue weighted by atomic mass is 9.97. The van der Waals surface area contributed by atoms with Crippen LogP contribution in [0.25, 0.3) is 11.0 Å². The van der Waals surface area contributed by atoms with Crippen molar-refractivity contribution in [3.63, 3.8) is 0 Å². The molecule has 5 rings (SSSR count). The van der Waals surface area contributed by atoms with Gasteiger partial charge in [-0.05, 0) is 25.0 Å². The molecule has 0 bridgehead atoms. The van der Waals surface area contributed by atoms with Crippen molar-refractivity contribution in [3.8, 4) is 0 Å². The molecule has 2 fully saturated rings. The summed E-state index contributed by atoms with van der Waals surface area (Å²) >= 11 is 1.36. The summed E-state index contributed by atoms with van der Waals surface area (Å²) in [6.07, 6.45) is 1.47. The Bertz CT molecular complexity index is 1110. The van der Waals surface area contributed by atoms with Crippen molar-refractivity contribution >= 4 is 51.3 Å². The third-order valence-corrected chi connectivity index (χ3v) is 6.79. The molecule has 0 saturated carbocycles. The molecule has 2 saturated heterocycles. The van der Waals surface area contributed by atoms with Gasteiger partial charge in [-0.15, -0.1) is 0 Å². The van der Waals surface area contributed by atoms with Crippen molar-refractivity contribution in [2.24, 2.45) is 11.7 Å². The Kier molecular flexibility index (Phi) is 5.52. The molecule has 3 amide bonds. The molecule has 0 radical (unpaired) electrons. The highest BCUT2D eigenvalue weighted by molar-refractivity contribution is 7.09. The van der Waals surface area contributed by atoms with Crippen molar-refractivity contribution in [3.05, 3.63) is 24.3 Å². The summed E-state index contributed by atoms with van der Waals surface area (Å²) in [4.78, 5) is 34.7. The van der Waals surface area contributed by atoms with Gasteiger partial charge in [0, 0.05) is 56.7 Å². The minimum atomic E-state index is -0.227. The van der Waals surface area contributed by atoms with Gasteiger partial charge in [-0.25, -0.2) is 4.79 Å². The zero-order valence-electron chi connectivity index (χ0n) is 17.4. The second-order valence-corrected chi connectivity index (χ2v) is 8.70. The van der Waals surface area contributed by atoms with E-state index in [4.69, 9.17) is 15.2 Å². The number of carbonyl (C=O) groups is 2. The van der Waals surface area contributed by atoms with E-state index in [-0.39, 0.29) is 17.9 Å². The second kappa shape index (κ2) is 8.61. The molecule has 0 spiro atoms. The van der Waals surface area contributed by atoms with Crippen LogP contribution in [0.1, 0.15) is 12.8 Å². The molecular weight excluding hydrogens is 432 g/mol. The first kappa shape index (κ1) is 20.5. The second-order valence-electron chi connectivity index (χ2n) is 7.97. The van der Waals surface area contributed by atoms with Crippen molar-refractivity contribution in [2.75, 3.05) is 54.4 Å². The fourth-order valence-electron chi connectivity index (χ4n) is 4.09. The largest absolute Gasteiger partial charge is 0.369 e. The Morgan fingerprint density at radius 1 is 1.06 bits per heavy atom. The number of rotatable bonds is 4. The lowest BCUT2D eigenvalue weighted by molar-refractivity contribution is -0.122. The number of piperidine rings is 1. The zero-order chi connectivity index (χ0) is 22.1. The highest BCUT2D eigenvalue weighted by atomic mass is 32.1. The quantitative estimate of drug-likeness (QED) is 0.606. The SMILES string of the molecule is NC(=O)C1CCN(c2nsc(N3CCN(C(=O)Nc4noc5ccccc45)CC3)n2)CC1. The molecule has 32 heavy (non-hydrogen) atoms. The van der Waals surface area contributed by atoms with Crippen LogP contribution in [0.5, 0.6) is 0 Å². The summed E-state index contributed by atoms with van der Waals surface area (Å²) < 4.78 is 9.75. The summed E-state index contributed by atoms with van der Waals surface area (Å²) in [5.74, 6) is 0.849. The summed E-state index contributed by atoms with van der Waals surface area (Å²) in [6.45, 7) is 3.95. The van der Waals surface area contributed by atoms with Crippen LogP contribution in [-0.4, -0.2) is 70.6 Å². The van der Waals surface area contributed by atoms with Crippen molar-refractivity contribution < 1.29 is 14.1 Å². The van der Waals surface area contributed by atoms with Gasteiger partial charge < -0.3 is 25.0 Å². The minimum absolute atomic E-state index is 0.0566. The van der Waals surface area contributed by atoms with Crippen molar-refractivity contribution in [1.29, 1.82) is 0 Å².